The van der Waals surface area contributed by atoms with Crippen molar-refractivity contribution in [3.05, 3.63) is 65.0 Å². The van der Waals surface area contributed by atoms with Gasteiger partial charge in [-0.05, 0) is 36.4 Å². The summed E-state index contributed by atoms with van der Waals surface area (Å²) in [5.74, 6) is -0.571. The van der Waals surface area contributed by atoms with Gasteiger partial charge in [-0.3, -0.25) is 10.1 Å². The molecule has 3 aromatic rings. The van der Waals surface area contributed by atoms with Crippen LogP contribution in [0.4, 0.5) is 5.13 Å². The number of thioether (sulfide) groups is 1. The fourth-order valence-corrected chi connectivity index (χ4v) is 4.04. The molecule has 0 aliphatic rings. The summed E-state index contributed by atoms with van der Waals surface area (Å²) in [4.78, 5) is 29.6. The number of carbonyl (C=O) groups excluding carboxylic acids is 2. The number of esters is 1. The van der Waals surface area contributed by atoms with Crippen LogP contribution in [0.15, 0.2) is 58.8 Å². The number of nitrogens with one attached hydrogen (secondary N) is 1. The van der Waals surface area contributed by atoms with Gasteiger partial charge in [0.05, 0.1) is 18.4 Å². The van der Waals surface area contributed by atoms with Crippen molar-refractivity contribution in [3.8, 4) is 11.3 Å². The SMILES string of the molecule is COC(=O)c1ccc(-c2csc(NC(=O)c3ccc(SC(C)C)cc3)n2)cc1. The van der Waals surface area contributed by atoms with E-state index in [2.05, 4.69) is 24.1 Å². The molecule has 5 nitrogen and oxygen atoms in total. The highest BCUT2D eigenvalue weighted by Gasteiger charge is 2.11. The van der Waals surface area contributed by atoms with Crippen molar-refractivity contribution in [2.75, 3.05) is 12.4 Å². The maximum absolute atomic E-state index is 12.4. The van der Waals surface area contributed by atoms with E-state index >= 15 is 0 Å². The van der Waals surface area contributed by atoms with Gasteiger partial charge in [0.25, 0.3) is 5.91 Å². The Balaban J connectivity index is 1.67. The van der Waals surface area contributed by atoms with Crippen molar-refractivity contribution >= 4 is 40.1 Å². The van der Waals surface area contributed by atoms with Crippen LogP contribution in [0.2, 0.25) is 0 Å². The zero-order valence-electron chi connectivity index (χ0n) is 15.8. The topological polar surface area (TPSA) is 68.3 Å². The normalized spacial score (nSPS) is 10.7. The van der Waals surface area contributed by atoms with E-state index in [9.17, 15) is 9.59 Å². The molecule has 2 aromatic carbocycles. The fraction of sp³-hybridized carbons (Fsp3) is 0.190. The number of benzene rings is 2. The number of nitrogens with zero attached hydrogens (tertiary/aromatic N) is 1. The van der Waals surface area contributed by atoms with Crippen LogP contribution < -0.4 is 5.32 Å². The Labute approximate surface area is 172 Å². The van der Waals surface area contributed by atoms with Crippen molar-refractivity contribution < 1.29 is 14.3 Å². The lowest BCUT2D eigenvalue weighted by atomic mass is 10.1. The largest absolute Gasteiger partial charge is 0.465 e. The molecule has 0 aliphatic carbocycles. The highest BCUT2D eigenvalue weighted by atomic mass is 32.2. The van der Waals surface area contributed by atoms with Crippen LogP contribution in [0.3, 0.4) is 0 Å². The second-order valence-corrected chi connectivity index (χ2v) is 8.76. The van der Waals surface area contributed by atoms with Gasteiger partial charge in [0, 0.05) is 26.7 Å². The van der Waals surface area contributed by atoms with E-state index in [1.54, 1.807) is 36.0 Å². The summed E-state index contributed by atoms with van der Waals surface area (Å²) in [5, 5.41) is 5.72. The predicted molar refractivity (Wildman–Crippen MR) is 114 cm³/mol. The second kappa shape index (κ2) is 9.03. The lowest BCUT2D eigenvalue weighted by molar-refractivity contribution is 0.0600. The van der Waals surface area contributed by atoms with E-state index in [-0.39, 0.29) is 11.9 Å². The number of amides is 1. The zero-order valence-corrected chi connectivity index (χ0v) is 17.4. The molecule has 3 rings (SSSR count). The van der Waals surface area contributed by atoms with Crippen LogP contribution in [-0.4, -0.2) is 29.2 Å². The van der Waals surface area contributed by atoms with Crippen LogP contribution in [0.25, 0.3) is 11.3 Å². The average Bonchev–Trinajstić information content (AvgIpc) is 3.16. The smallest absolute Gasteiger partial charge is 0.337 e. The van der Waals surface area contributed by atoms with Gasteiger partial charge in [0.2, 0.25) is 0 Å². The first kappa shape index (κ1) is 20.1. The molecule has 1 aromatic heterocycles. The van der Waals surface area contributed by atoms with Crippen LogP contribution in [0, 0.1) is 0 Å². The number of thiazole rings is 1. The molecule has 0 spiro atoms. The van der Waals surface area contributed by atoms with Gasteiger partial charge in [-0.2, -0.15) is 0 Å². The first-order valence-electron chi connectivity index (χ1n) is 8.68. The van der Waals surface area contributed by atoms with Gasteiger partial charge in [-0.15, -0.1) is 23.1 Å². The van der Waals surface area contributed by atoms with Gasteiger partial charge in [-0.25, -0.2) is 9.78 Å². The molecule has 1 N–H and O–H groups in total. The van der Waals surface area contributed by atoms with E-state index in [4.69, 9.17) is 4.74 Å². The molecule has 0 bridgehead atoms. The number of carbonyl (C=O) groups is 2. The zero-order chi connectivity index (χ0) is 20.1. The molecule has 28 heavy (non-hydrogen) atoms. The number of methoxy groups -OCH3 is 1. The summed E-state index contributed by atoms with van der Waals surface area (Å²) in [7, 11) is 1.35. The molecule has 0 saturated heterocycles. The molecule has 0 unspecified atom stereocenters. The van der Waals surface area contributed by atoms with E-state index in [0.717, 1.165) is 16.2 Å². The molecule has 0 saturated carbocycles. The van der Waals surface area contributed by atoms with E-state index in [1.807, 2.05) is 29.6 Å². The molecule has 0 radical (unpaired) electrons. The van der Waals surface area contributed by atoms with Crippen LogP contribution in [0.5, 0.6) is 0 Å². The molecule has 7 heteroatoms. The lowest BCUT2D eigenvalue weighted by Crippen LogP contribution is -2.11. The molecule has 144 valence electrons. The van der Waals surface area contributed by atoms with Gasteiger partial charge >= 0.3 is 5.97 Å². The summed E-state index contributed by atoms with van der Waals surface area (Å²) >= 11 is 3.11. The Bertz CT molecular complexity index is 964. The third kappa shape index (κ3) is 4.99. The van der Waals surface area contributed by atoms with Crippen molar-refractivity contribution in [3.63, 3.8) is 0 Å². The van der Waals surface area contributed by atoms with Crippen LogP contribution >= 0.6 is 23.1 Å². The minimum Gasteiger partial charge on any atom is -0.465 e. The number of aromatic nitrogens is 1. The van der Waals surface area contributed by atoms with E-state index < -0.39 is 0 Å². The number of ether oxygens (including phenoxy) is 1. The van der Waals surface area contributed by atoms with E-state index in [0.29, 0.717) is 21.5 Å². The van der Waals surface area contributed by atoms with Crippen molar-refractivity contribution in [1.29, 1.82) is 0 Å². The van der Waals surface area contributed by atoms with Gasteiger partial charge < -0.3 is 4.74 Å². The average molecular weight is 413 g/mol. The predicted octanol–water partition coefficient (Wildman–Crippen LogP) is 5.35. The molecule has 0 fully saturated rings. The molecular weight excluding hydrogens is 392 g/mol. The van der Waals surface area contributed by atoms with Gasteiger partial charge in [0.1, 0.15) is 0 Å². The standard InChI is InChI=1S/C21H20N2O3S2/c1-13(2)28-17-10-8-15(9-11-17)19(24)23-21-22-18(12-27-21)14-4-6-16(7-5-14)20(25)26-3/h4-13H,1-3H3,(H,22,23,24). The Morgan fingerprint density at radius 1 is 1.04 bits per heavy atom. The highest BCUT2D eigenvalue weighted by molar-refractivity contribution is 7.99. The van der Waals surface area contributed by atoms with Crippen molar-refractivity contribution in [2.45, 2.75) is 24.0 Å². The quantitative estimate of drug-likeness (QED) is 0.437. The minimum atomic E-state index is -0.379. The summed E-state index contributed by atoms with van der Waals surface area (Å²) in [6.45, 7) is 4.27. The number of rotatable bonds is 6. The molecule has 0 aliphatic heterocycles. The minimum absolute atomic E-state index is 0.192. The Morgan fingerprint density at radius 2 is 1.68 bits per heavy atom. The summed E-state index contributed by atoms with van der Waals surface area (Å²) < 4.78 is 4.70. The fourth-order valence-electron chi connectivity index (χ4n) is 2.48. The molecule has 0 atom stereocenters. The Hall–Kier alpha value is -2.64. The van der Waals surface area contributed by atoms with Crippen LogP contribution in [0.1, 0.15) is 34.6 Å². The lowest BCUT2D eigenvalue weighted by Gasteiger charge is -2.06. The van der Waals surface area contributed by atoms with Gasteiger partial charge in [0.15, 0.2) is 5.13 Å². The molecule has 1 amide bonds. The summed E-state index contributed by atoms with van der Waals surface area (Å²) in [5.41, 5.74) is 2.67. The Kier molecular flexibility index (Phi) is 6.49. The van der Waals surface area contributed by atoms with Crippen molar-refractivity contribution in [2.24, 2.45) is 0 Å². The van der Waals surface area contributed by atoms with E-state index in [1.165, 1.54) is 18.4 Å². The van der Waals surface area contributed by atoms with Crippen LogP contribution in [-0.2, 0) is 4.74 Å². The third-order valence-electron chi connectivity index (χ3n) is 3.81. The first-order valence-corrected chi connectivity index (χ1v) is 10.4. The van der Waals surface area contributed by atoms with Crippen molar-refractivity contribution in [1.82, 2.24) is 4.98 Å². The summed E-state index contributed by atoms with van der Waals surface area (Å²) in [6.07, 6.45) is 0. The summed E-state index contributed by atoms with van der Waals surface area (Å²) in [6, 6.07) is 14.5. The Morgan fingerprint density at radius 3 is 2.29 bits per heavy atom. The van der Waals surface area contributed by atoms with Gasteiger partial charge in [-0.1, -0.05) is 26.0 Å². The monoisotopic (exact) mass is 412 g/mol. The number of anilines is 1. The number of hydrogen-bond donors (Lipinski definition) is 1. The maximum atomic E-state index is 12.4. The molecule has 1 heterocycles. The molecular formula is C21H20N2O3S2. The number of hydrogen-bond acceptors (Lipinski definition) is 6. The first-order chi connectivity index (χ1) is 13.5. The second-order valence-electron chi connectivity index (χ2n) is 6.25. The third-order valence-corrected chi connectivity index (χ3v) is 5.59. The highest BCUT2D eigenvalue weighted by Crippen LogP contribution is 2.26. The maximum Gasteiger partial charge on any atom is 0.337 e.